The van der Waals surface area contributed by atoms with Crippen molar-refractivity contribution in [3.63, 3.8) is 0 Å². The Morgan fingerprint density at radius 3 is 2.86 bits per heavy atom. The van der Waals surface area contributed by atoms with Gasteiger partial charge >= 0.3 is 5.97 Å². The first-order valence-corrected chi connectivity index (χ1v) is 9.82. The molecule has 1 fully saturated rings. The summed E-state index contributed by atoms with van der Waals surface area (Å²) in [5, 5.41) is 11.8. The Morgan fingerprint density at radius 2 is 2.07 bits per heavy atom. The minimum Gasteiger partial charge on any atom is -0.480 e. The average Bonchev–Trinajstić information content (AvgIpc) is 3.18. The summed E-state index contributed by atoms with van der Waals surface area (Å²) in [6.07, 6.45) is 1.87. The highest BCUT2D eigenvalue weighted by atomic mass is 16.4. The molecule has 1 atom stereocenters. The van der Waals surface area contributed by atoms with Crippen LogP contribution in [-0.4, -0.2) is 51.5 Å². The number of carboxylic acids is 1. The number of nitrogens with zero attached hydrogens (tertiary/aromatic N) is 2. The fourth-order valence-corrected chi connectivity index (χ4v) is 3.94. The summed E-state index contributed by atoms with van der Waals surface area (Å²) < 4.78 is 0. The van der Waals surface area contributed by atoms with Gasteiger partial charge in [0.15, 0.2) is 0 Å². The summed E-state index contributed by atoms with van der Waals surface area (Å²) >= 11 is 0. The Labute approximate surface area is 168 Å². The van der Waals surface area contributed by atoms with Crippen molar-refractivity contribution in [3.05, 3.63) is 59.4 Å². The molecular weight excluding hydrogens is 368 g/mol. The Kier molecular flexibility index (Phi) is 5.20. The third-order valence-corrected chi connectivity index (χ3v) is 5.42. The molecule has 150 valence electrons. The van der Waals surface area contributed by atoms with Gasteiger partial charge in [-0.15, -0.1) is 0 Å². The van der Waals surface area contributed by atoms with E-state index in [4.69, 9.17) is 10.1 Å². The molecule has 0 bridgehead atoms. The van der Waals surface area contributed by atoms with E-state index in [2.05, 4.69) is 10.3 Å². The van der Waals surface area contributed by atoms with E-state index in [-0.39, 0.29) is 18.4 Å². The first-order chi connectivity index (χ1) is 14.0. The number of aryl methyl sites for hydroxylation is 1. The molecule has 0 aliphatic carbocycles. The predicted octanol–water partition coefficient (Wildman–Crippen LogP) is 3.39. The lowest BCUT2D eigenvalue weighted by atomic mass is 9.96. The maximum Gasteiger partial charge on any atom is 0.322 e. The van der Waals surface area contributed by atoms with Gasteiger partial charge in [-0.2, -0.15) is 0 Å². The molecule has 3 N–H and O–H groups in total. The number of fused-ring (bicyclic) bond motifs is 1. The number of aliphatic carboxylic acids is 1. The number of H-pyrrole nitrogens is 1. The summed E-state index contributed by atoms with van der Waals surface area (Å²) in [6, 6.07) is 13.1. The van der Waals surface area contributed by atoms with Crippen molar-refractivity contribution in [3.8, 4) is 0 Å². The highest BCUT2D eigenvalue weighted by Crippen LogP contribution is 2.29. The molecule has 0 radical (unpaired) electrons. The van der Waals surface area contributed by atoms with Crippen LogP contribution >= 0.6 is 0 Å². The number of amides is 1. The van der Waals surface area contributed by atoms with Gasteiger partial charge in [-0.05, 0) is 43.5 Å². The zero-order valence-electron chi connectivity index (χ0n) is 16.3. The Morgan fingerprint density at radius 1 is 1.24 bits per heavy atom. The first kappa shape index (κ1) is 19.0. The number of imidazole rings is 1. The lowest BCUT2D eigenvalue weighted by Crippen LogP contribution is -2.39. The van der Waals surface area contributed by atoms with Crippen LogP contribution in [0.25, 0.3) is 11.0 Å². The van der Waals surface area contributed by atoms with Gasteiger partial charge in [0.1, 0.15) is 12.4 Å². The number of anilines is 1. The summed E-state index contributed by atoms with van der Waals surface area (Å²) in [5.41, 5.74) is 4.17. The van der Waals surface area contributed by atoms with E-state index in [1.54, 1.807) is 24.3 Å². The Bertz CT molecular complexity index is 1060. The molecule has 4 rings (SSSR count). The minimum atomic E-state index is -0.967. The van der Waals surface area contributed by atoms with Crippen LogP contribution in [0.1, 0.15) is 40.5 Å². The molecule has 2 aromatic carbocycles. The predicted molar refractivity (Wildman–Crippen MR) is 111 cm³/mol. The average molecular weight is 392 g/mol. The van der Waals surface area contributed by atoms with Crippen LogP contribution < -0.4 is 5.32 Å². The molecule has 1 aliphatic heterocycles. The Hall–Kier alpha value is -3.35. The van der Waals surface area contributed by atoms with Gasteiger partial charge in [0.25, 0.3) is 5.91 Å². The van der Waals surface area contributed by atoms with Crippen LogP contribution in [0, 0.1) is 6.92 Å². The lowest BCUT2D eigenvalue weighted by molar-refractivity contribution is -0.134. The summed E-state index contributed by atoms with van der Waals surface area (Å²) in [4.78, 5) is 34.1. The summed E-state index contributed by atoms with van der Waals surface area (Å²) in [5.74, 6) is 0.0173. The number of nitrogens with one attached hydrogen (secondary N) is 2. The Balaban J connectivity index is 1.54. The summed E-state index contributed by atoms with van der Waals surface area (Å²) in [7, 11) is 0. The monoisotopic (exact) mass is 392 g/mol. The largest absolute Gasteiger partial charge is 0.480 e. The normalized spacial score (nSPS) is 16.7. The number of carbonyl (C=O) groups excluding carboxylic acids is 1. The number of para-hydroxylation sites is 2. The molecule has 0 saturated carbocycles. The number of carbonyl (C=O) groups is 2. The van der Waals surface area contributed by atoms with E-state index < -0.39 is 5.97 Å². The zero-order chi connectivity index (χ0) is 20.4. The molecule has 1 amide bonds. The van der Waals surface area contributed by atoms with E-state index in [0.29, 0.717) is 24.3 Å². The molecule has 29 heavy (non-hydrogen) atoms. The second-order valence-electron chi connectivity index (χ2n) is 7.48. The summed E-state index contributed by atoms with van der Waals surface area (Å²) in [6.45, 7) is 3.09. The fourth-order valence-electron chi connectivity index (χ4n) is 3.94. The van der Waals surface area contributed by atoms with Gasteiger partial charge in [-0.3, -0.25) is 9.59 Å². The maximum atomic E-state index is 13.2. The van der Waals surface area contributed by atoms with E-state index in [1.807, 2.05) is 30.0 Å². The van der Waals surface area contributed by atoms with Crippen molar-refractivity contribution in [1.82, 2.24) is 14.9 Å². The van der Waals surface area contributed by atoms with Crippen LogP contribution in [-0.2, 0) is 4.79 Å². The number of likely N-dealkylation sites (tertiary alicyclic amines) is 1. The molecule has 1 aromatic heterocycles. The van der Waals surface area contributed by atoms with E-state index >= 15 is 0 Å². The maximum absolute atomic E-state index is 13.2. The van der Waals surface area contributed by atoms with E-state index in [9.17, 15) is 9.59 Å². The van der Waals surface area contributed by atoms with Crippen LogP contribution in [0.2, 0.25) is 0 Å². The minimum absolute atomic E-state index is 0.0875. The third kappa shape index (κ3) is 3.94. The molecular formula is C22H24N4O3. The molecule has 1 saturated heterocycles. The number of benzene rings is 2. The van der Waals surface area contributed by atoms with Gasteiger partial charge in [-0.1, -0.05) is 24.3 Å². The highest BCUT2D eigenvalue weighted by Gasteiger charge is 2.28. The van der Waals surface area contributed by atoms with Crippen LogP contribution in [0.5, 0.6) is 0 Å². The van der Waals surface area contributed by atoms with Gasteiger partial charge in [0.05, 0.1) is 16.6 Å². The molecule has 0 spiro atoms. The van der Waals surface area contributed by atoms with E-state index in [0.717, 1.165) is 35.3 Å². The lowest BCUT2D eigenvalue weighted by Gasteiger charge is -2.32. The van der Waals surface area contributed by atoms with Crippen molar-refractivity contribution in [2.24, 2.45) is 0 Å². The standard InChI is InChI=1S/C22H24N4O3/c1-14-6-4-10-18-20(14)25-21(24-18)15-7-5-11-26(13-15)22(29)16-8-2-3-9-17(16)23-12-19(27)28/h2-4,6,8-10,15,23H,5,7,11-13H2,1H3,(H,24,25)(H,27,28)/t15-/m1/s1. The van der Waals surface area contributed by atoms with Crippen LogP contribution in [0.4, 0.5) is 5.69 Å². The van der Waals surface area contributed by atoms with Gasteiger partial charge in [0.2, 0.25) is 0 Å². The van der Waals surface area contributed by atoms with Gasteiger partial charge < -0.3 is 20.3 Å². The molecule has 1 aliphatic rings. The number of rotatable bonds is 5. The number of hydrogen-bond acceptors (Lipinski definition) is 4. The smallest absolute Gasteiger partial charge is 0.322 e. The topological polar surface area (TPSA) is 98.3 Å². The van der Waals surface area contributed by atoms with Crippen molar-refractivity contribution >= 4 is 28.6 Å². The van der Waals surface area contributed by atoms with Gasteiger partial charge in [-0.25, -0.2) is 4.98 Å². The quantitative estimate of drug-likeness (QED) is 0.618. The number of carboxylic acid groups (broad SMARTS) is 1. The fraction of sp³-hybridized carbons (Fsp3) is 0.318. The zero-order valence-corrected chi connectivity index (χ0v) is 16.3. The van der Waals surface area contributed by atoms with Crippen molar-refractivity contribution in [1.29, 1.82) is 0 Å². The SMILES string of the molecule is Cc1cccc2[nH]c([C@@H]3CCCN(C(=O)c4ccccc4NCC(=O)O)C3)nc12. The van der Waals surface area contributed by atoms with Crippen molar-refractivity contribution < 1.29 is 14.7 Å². The van der Waals surface area contributed by atoms with Crippen LogP contribution in [0.15, 0.2) is 42.5 Å². The second kappa shape index (κ2) is 7.95. The van der Waals surface area contributed by atoms with Crippen molar-refractivity contribution in [2.45, 2.75) is 25.7 Å². The van der Waals surface area contributed by atoms with E-state index in [1.165, 1.54) is 0 Å². The highest BCUT2D eigenvalue weighted by molar-refractivity contribution is 6.00. The molecule has 7 heteroatoms. The molecule has 2 heterocycles. The second-order valence-corrected chi connectivity index (χ2v) is 7.48. The molecule has 0 unspecified atom stereocenters. The number of aromatic nitrogens is 2. The van der Waals surface area contributed by atoms with Crippen molar-refractivity contribution in [2.75, 3.05) is 25.0 Å². The van der Waals surface area contributed by atoms with Gasteiger partial charge in [0, 0.05) is 24.7 Å². The van der Waals surface area contributed by atoms with Crippen LogP contribution in [0.3, 0.4) is 0 Å². The number of hydrogen-bond donors (Lipinski definition) is 3. The molecule has 3 aromatic rings. The number of piperidine rings is 1. The third-order valence-electron chi connectivity index (χ3n) is 5.42. The first-order valence-electron chi connectivity index (χ1n) is 9.82. The molecule has 7 nitrogen and oxygen atoms in total. The number of aromatic amines is 1.